The first kappa shape index (κ1) is 14.9. The molecule has 0 unspecified atom stereocenters. The van der Waals surface area contributed by atoms with E-state index >= 15 is 0 Å². The summed E-state index contributed by atoms with van der Waals surface area (Å²) in [6.07, 6.45) is 0. The van der Waals surface area contributed by atoms with Crippen molar-refractivity contribution in [1.29, 1.82) is 0 Å². The fraction of sp³-hybridized carbons (Fsp3) is 0.167. The normalized spacial score (nSPS) is 10.9. The third kappa shape index (κ3) is 2.66. The van der Waals surface area contributed by atoms with Crippen LogP contribution < -0.4 is 5.32 Å². The summed E-state index contributed by atoms with van der Waals surface area (Å²) in [5, 5.41) is 4.04. The number of benzene rings is 2. The second kappa shape index (κ2) is 5.61. The van der Waals surface area contributed by atoms with Crippen LogP contribution in [0.2, 0.25) is 0 Å². The molecular formula is C18H17BrN2O. The number of hydrogen-bond donors (Lipinski definition) is 2. The van der Waals surface area contributed by atoms with Crippen molar-refractivity contribution < 1.29 is 4.79 Å². The van der Waals surface area contributed by atoms with Crippen LogP contribution in [0, 0.1) is 20.8 Å². The largest absolute Gasteiger partial charge is 0.358 e. The summed E-state index contributed by atoms with van der Waals surface area (Å²) in [6.45, 7) is 6.12. The molecule has 0 saturated heterocycles. The van der Waals surface area contributed by atoms with Gasteiger partial charge in [0.05, 0.1) is 5.69 Å². The zero-order valence-electron chi connectivity index (χ0n) is 12.8. The number of nitrogens with one attached hydrogen (secondary N) is 2. The Kier molecular flexibility index (Phi) is 3.79. The van der Waals surface area contributed by atoms with Crippen LogP contribution in [0.25, 0.3) is 10.9 Å². The molecule has 22 heavy (non-hydrogen) atoms. The Labute approximate surface area is 137 Å². The van der Waals surface area contributed by atoms with Gasteiger partial charge in [0, 0.05) is 26.6 Å². The third-order valence-electron chi connectivity index (χ3n) is 3.94. The smallest absolute Gasteiger partial charge is 0.255 e. The zero-order valence-corrected chi connectivity index (χ0v) is 14.3. The Morgan fingerprint density at radius 3 is 2.59 bits per heavy atom. The Bertz CT molecular complexity index is 880. The quantitative estimate of drug-likeness (QED) is 0.658. The van der Waals surface area contributed by atoms with Crippen molar-refractivity contribution in [2.24, 2.45) is 0 Å². The van der Waals surface area contributed by atoms with E-state index in [1.165, 1.54) is 5.56 Å². The number of rotatable bonds is 2. The Balaban J connectivity index is 1.93. The van der Waals surface area contributed by atoms with E-state index in [0.29, 0.717) is 5.56 Å². The van der Waals surface area contributed by atoms with Crippen LogP contribution in [-0.4, -0.2) is 10.9 Å². The van der Waals surface area contributed by atoms with Crippen LogP contribution in [-0.2, 0) is 0 Å². The van der Waals surface area contributed by atoms with Gasteiger partial charge in [-0.25, -0.2) is 0 Å². The molecule has 1 heterocycles. The number of aryl methyl sites for hydroxylation is 3. The van der Waals surface area contributed by atoms with E-state index < -0.39 is 0 Å². The minimum atomic E-state index is -0.107. The molecule has 3 rings (SSSR count). The van der Waals surface area contributed by atoms with Crippen molar-refractivity contribution >= 4 is 38.4 Å². The van der Waals surface area contributed by atoms with Gasteiger partial charge in [0.15, 0.2) is 0 Å². The van der Waals surface area contributed by atoms with Crippen LogP contribution in [0.5, 0.6) is 0 Å². The van der Waals surface area contributed by atoms with Gasteiger partial charge < -0.3 is 10.3 Å². The van der Waals surface area contributed by atoms with Gasteiger partial charge >= 0.3 is 0 Å². The van der Waals surface area contributed by atoms with E-state index in [0.717, 1.165) is 32.3 Å². The molecule has 0 atom stereocenters. The van der Waals surface area contributed by atoms with Crippen LogP contribution in [0.15, 0.2) is 40.9 Å². The molecule has 0 bridgehead atoms. The average molecular weight is 357 g/mol. The number of aromatic amines is 1. The molecule has 0 saturated carbocycles. The van der Waals surface area contributed by atoms with E-state index in [2.05, 4.69) is 33.2 Å². The summed E-state index contributed by atoms with van der Waals surface area (Å²) >= 11 is 3.48. The maximum Gasteiger partial charge on any atom is 0.255 e. The van der Waals surface area contributed by atoms with Crippen molar-refractivity contribution in [3.05, 3.63) is 63.3 Å². The SMILES string of the molecule is Cc1ccc(NC(=O)c2ccc3[nH]c(C)c(C)c3c2)c(Br)c1. The summed E-state index contributed by atoms with van der Waals surface area (Å²) in [7, 11) is 0. The lowest BCUT2D eigenvalue weighted by molar-refractivity contribution is 0.102. The lowest BCUT2D eigenvalue weighted by Crippen LogP contribution is -2.12. The highest BCUT2D eigenvalue weighted by Crippen LogP contribution is 2.26. The summed E-state index contributed by atoms with van der Waals surface area (Å²) in [6, 6.07) is 11.6. The lowest BCUT2D eigenvalue weighted by atomic mass is 10.1. The summed E-state index contributed by atoms with van der Waals surface area (Å²) < 4.78 is 0.885. The highest BCUT2D eigenvalue weighted by atomic mass is 79.9. The molecule has 0 aliphatic carbocycles. The monoisotopic (exact) mass is 356 g/mol. The summed E-state index contributed by atoms with van der Waals surface area (Å²) in [5.74, 6) is -0.107. The van der Waals surface area contributed by atoms with E-state index in [4.69, 9.17) is 0 Å². The van der Waals surface area contributed by atoms with E-state index in [1.807, 2.05) is 50.2 Å². The number of carbonyl (C=O) groups excluding carboxylic acids is 1. The predicted octanol–water partition coefficient (Wildman–Crippen LogP) is 5.11. The standard InChI is InChI=1S/C18H17BrN2O/c1-10-4-6-17(15(19)8-10)21-18(22)13-5-7-16-14(9-13)11(2)12(3)20-16/h4-9,20H,1-3H3,(H,21,22). The van der Waals surface area contributed by atoms with E-state index in [9.17, 15) is 4.79 Å². The number of carbonyl (C=O) groups is 1. The molecule has 3 aromatic rings. The van der Waals surface area contributed by atoms with Gasteiger partial charge in [-0.2, -0.15) is 0 Å². The Hall–Kier alpha value is -2.07. The summed E-state index contributed by atoms with van der Waals surface area (Å²) in [5.41, 5.74) is 5.95. The molecule has 3 nitrogen and oxygen atoms in total. The van der Waals surface area contributed by atoms with Gasteiger partial charge in [-0.3, -0.25) is 4.79 Å². The maximum absolute atomic E-state index is 12.5. The van der Waals surface area contributed by atoms with Crippen LogP contribution >= 0.6 is 15.9 Å². The van der Waals surface area contributed by atoms with Gasteiger partial charge in [-0.15, -0.1) is 0 Å². The topological polar surface area (TPSA) is 44.9 Å². The third-order valence-corrected chi connectivity index (χ3v) is 4.60. The Morgan fingerprint density at radius 1 is 1.09 bits per heavy atom. The summed E-state index contributed by atoms with van der Waals surface area (Å²) in [4.78, 5) is 15.8. The lowest BCUT2D eigenvalue weighted by Gasteiger charge is -2.08. The van der Waals surface area contributed by atoms with E-state index in [1.54, 1.807) is 0 Å². The number of hydrogen-bond acceptors (Lipinski definition) is 1. The van der Waals surface area contributed by atoms with Crippen molar-refractivity contribution in [2.45, 2.75) is 20.8 Å². The van der Waals surface area contributed by atoms with Crippen molar-refractivity contribution in [2.75, 3.05) is 5.32 Å². The van der Waals surface area contributed by atoms with Crippen molar-refractivity contribution in [3.63, 3.8) is 0 Å². The van der Waals surface area contributed by atoms with E-state index in [-0.39, 0.29) is 5.91 Å². The van der Waals surface area contributed by atoms with Crippen LogP contribution in [0.4, 0.5) is 5.69 Å². The number of anilines is 1. The van der Waals surface area contributed by atoms with Crippen LogP contribution in [0.3, 0.4) is 0 Å². The van der Waals surface area contributed by atoms with Gasteiger partial charge in [-0.05, 0) is 78.2 Å². The first-order chi connectivity index (χ1) is 10.5. The molecule has 1 amide bonds. The molecule has 1 aromatic heterocycles. The first-order valence-electron chi connectivity index (χ1n) is 7.12. The number of fused-ring (bicyclic) bond motifs is 1. The fourth-order valence-electron chi connectivity index (χ4n) is 2.52. The number of aromatic nitrogens is 1. The number of H-pyrrole nitrogens is 1. The predicted molar refractivity (Wildman–Crippen MR) is 94.6 cm³/mol. The van der Waals surface area contributed by atoms with Gasteiger partial charge in [0.2, 0.25) is 0 Å². The minimum Gasteiger partial charge on any atom is -0.358 e. The number of amides is 1. The molecule has 2 N–H and O–H groups in total. The second-order valence-electron chi connectivity index (χ2n) is 5.57. The fourth-order valence-corrected chi connectivity index (χ4v) is 3.11. The second-order valence-corrected chi connectivity index (χ2v) is 6.43. The van der Waals surface area contributed by atoms with Crippen molar-refractivity contribution in [1.82, 2.24) is 4.98 Å². The zero-order chi connectivity index (χ0) is 15.9. The molecule has 112 valence electrons. The molecule has 0 aliphatic heterocycles. The highest BCUT2D eigenvalue weighted by molar-refractivity contribution is 9.10. The molecule has 0 spiro atoms. The van der Waals surface area contributed by atoms with Crippen molar-refractivity contribution in [3.8, 4) is 0 Å². The number of halogens is 1. The molecular weight excluding hydrogens is 340 g/mol. The van der Waals surface area contributed by atoms with Gasteiger partial charge in [0.1, 0.15) is 0 Å². The van der Waals surface area contributed by atoms with Crippen LogP contribution in [0.1, 0.15) is 27.2 Å². The van der Waals surface area contributed by atoms with Gasteiger partial charge in [0.25, 0.3) is 5.91 Å². The average Bonchev–Trinajstić information content (AvgIpc) is 2.77. The molecule has 2 aromatic carbocycles. The molecule has 0 radical (unpaired) electrons. The molecule has 0 fully saturated rings. The maximum atomic E-state index is 12.5. The molecule has 0 aliphatic rings. The molecule has 4 heteroatoms. The van der Waals surface area contributed by atoms with Gasteiger partial charge in [-0.1, -0.05) is 6.07 Å². The highest BCUT2D eigenvalue weighted by Gasteiger charge is 2.11. The Morgan fingerprint density at radius 2 is 1.86 bits per heavy atom. The minimum absolute atomic E-state index is 0.107. The first-order valence-corrected chi connectivity index (χ1v) is 7.91.